The van der Waals surface area contributed by atoms with E-state index < -0.39 is 0 Å². The number of hydrogen-bond acceptors (Lipinski definition) is 3. The van der Waals surface area contributed by atoms with E-state index in [4.69, 9.17) is 4.42 Å². The SMILES string of the molecule is Cc1ccc([C@@H]2CN(Cc3ccc(C)o3)[C@@H]3C4CCN(CC4)[C@@H]32)cc1. The molecule has 0 radical (unpaired) electrons. The number of nitrogens with zero attached hydrogens (tertiary/aromatic N) is 2. The second-order valence-corrected chi connectivity index (χ2v) is 8.31. The Morgan fingerprint density at radius 1 is 0.960 bits per heavy atom. The Morgan fingerprint density at radius 2 is 1.72 bits per heavy atom. The Labute approximate surface area is 150 Å². The lowest BCUT2D eigenvalue weighted by Crippen LogP contribution is -2.59. The highest BCUT2D eigenvalue weighted by molar-refractivity contribution is 5.30. The van der Waals surface area contributed by atoms with Crippen molar-refractivity contribution in [3.05, 3.63) is 59.0 Å². The van der Waals surface area contributed by atoms with Crippen LogP contribution in [0.25, 0.3) is 0 Å². The van der Waals surface area contributed by atoms with Gasteiger partial charge < -0.3 is 4.42 Å². The Hall–Kier alpha value is -1.58. The number of hydrogen-bond donors (Lipinski definition) is 0. The lowest BCUT2D eigenvalue weighted by molar-refractivity contribution is -0.0102. The number of furan rings is 1. The molecule has 3 nitrogen and oxygen atoms in total. The Kier molecular flexibility index (Phi) is 3.76. The molecule has 0 saturated carbocycles. The smallest absolute Gasteiger partial charge is 0.118 e. The van der Waals surface area contributed by atoms with E-state index in [0.29, 0.717) is 18.0 Å². The van der Waals surface area contributed by atoms with Crippen LogP contribution >= 0.6 is 0 Å². The maximum Gasteiger partial charge on any atom is 0.118 e. The first-order valence-electron chi connectivity index (χ1n) is 9.79. The van der Waals surface area contributed by atoms with Crippen LogP contribution in [0.2, 0.25) is 0 Å². The lowest BCUT2D eigenvalue weighted by atomic mass is 9.75. The zero-order valence-electron chi connectivity index (χ0n) is 15.3. The van der Waals surface area contributed by atoms with E-state index in [1.165, 1.54) is 37.1 Å². The molecule has 0 aliphatic carbocycles. The molecule has 4 aliphatic heterocycles. The van der Waals surface area contributed by atoms with Gasteiger partial charge in [-0.1, -0.05) is 29.8 Å². The average molecular weight is 336 g/mol. The van der Waals surface area contributed by atoms with Crippen molar-refractivity contribution in [2.45, 2.75) is 51.2 Å². The summed E-state index contributed by atoms with van der Waals surface area (Å²) in [6.45, 7) is 8.93. The monoisotopic (exact) mass is 336 g/mol. The zero-order chi connectivity index (χ0) is 17.0. The maximum atomic E-state index is 5.91. The maximum absolute atomic E-state index is 5.91. The average Bonchev–Trinajstić information content (AvgIpc) is 3.22. The summed E-state index contributed by atoms with van der Waals surface area (Å²) >= 11 is 0. The first kappa shape index (κ1) is 15.7. The molecule has 4 saturated heterocycles. The van der Waals surface area contributed by atoms with E-state index in [1.54, 1.807) is 0 Å². The molecular weight excluding hydrogens is 308 g/mol. The van der Waals surface area contributed by atoms with Gasteiger partial charge in [-0.15, -0.1) is 0 Å². The van der Waals surface area contributed by atoms with Crippen molar-refractivity contribution in [1.29, 1.82) is 0 Å². The van der Waals surface area contributed by atoms with E-state index in [-0.39, 0.29) is 0 Å². The number of piperidine rings is 3. The third kappa shape index (κ3) is 2.65. The van der Waals surface area contributed by atoms with Gasteiger partial charge in [-0.25, -0.2) is 0 Å². The highest BCUT2D eigenvalue weighted by Gasteiger charge is 2.53. The molecule has 0 amide bonds. The molecule has 0 unspecified atom stereocenters. The van der Waals surface area contributed by atoms with Crippen LogP contribution in [-0.4, -0.2) is 41.5 Å². The lowest BCUT2D eigenvalue weighted by Gasteiger charge is -2.51. The fraction of sp³-hybridized carbons (Fsp3) is 0.545. The van der Waals surface area contributed by atoms with Gasteiger partial charge in [-0.2, -0.15) is 0 Å². The summed E-state index contributed by atoms with van der Waals surface area (Å²) in [5.41, 5.74) is 2.87. The number of benzene rings is 1. The van der Waals surface area contributed by atoms with Gasteiger partial charge in [0.25, 0.3) is 0 Å². The van der Waals surface area contributed by atoms with Crippen molar-refractivity contribution in [1.82, 2.24) is 9.80 Å². The van der Waals surface area contributed by atoms with Crippen molar-refractivity contribution in [3.8, 4) is 0 Å². The summed E-state index contributed by atoms with van der Waals surface area (Å²) in [7, 11) is 0. The molecule has 6 rings (SSSR count). The molecule has 2 aromatic rings. The van der Waals surface area contributed by atoms with Crippen LogP contribution in [0.15, 0.2) is 40.8 Å². The fourth-order valence-electron chi connectivity index (χ4n) is 5.60. The van der Waals surface area contributed by atoms with Crippen LogP contribution in [0.3, 0.4) is 0 Å². The Morgan fingerprint density at radius 3 is 2.40 bits per heavy atom. The normalized spacial score (nSPS) is 34.4. The molecule has 25 heavy (non-hydrogen) atoms. The summed E-state index contributed by atoms with van der Waals surface area (Å²) in [5, 5.41) is 0. The van der Waals surface area contributed by atoms with Crippen LogP contribution in [0.1, 0.15) is 41.4 Å². The highest BCUT2D eigenvalue weighted by Crippen LogP contribution is 2.47. The summed E-state index contributed by atoms with van der Waals surface area (Å²) in [6, 6.07) is 14.9. The number of likely N-dealkylation sites (tertiary alicyclic amines) is 1. The number of aryl methyl sites for hydroxylation is 2. The predicted octanol–water partition coefficient (Wildman–Crippen LogP) is 3.96. The minimum absolute atomic E-state index is 0.629. The molecule has 5 heterocycles. The molecule has 132 valence electrons. The number of rotatable bonds is 3. The highest BCUT2D eigenvalue weighted by atomic mass is 16.3. The second-order valence-electron chi connectivity index (χ2n) is 8.31. The molecule has 0 spiro atoms. The van der Waals surface area contributed by atoms with Gasteiger partial charge in [0.05, 0.1) is 6.54 Å². The van der Waals surface area contributed by atoms with E-state index in [2.05, 4.69) is 53.1 Å². The molecule has 2 bridgehead atoms. The first-order chi connectivity index (χ1) is 12.2. The van der Waals surface area contributed by atoms with Crippen molar-refractivity contribution < 1.29 is 4.42 Å². The molecule has 4 fully saturated rings. The van der Waals surface area contributed by atoms with E-state index in [9.17, 15) is 0 Å². The predicted molar refractivity (Wildman–Crippen MR) is 99.6 cm³/mol. The first-order valence-corrected chi connectivity index (χ1v) is 9.79. The minimum atomic E-state index is 0.629. The molecule has 3 heteroatoms. The second kappa shape index (κ2) is 6.00. The van der Waals surface area contributed by atoms with Gasteiger partial charge in [0.1, 0.15) is 11.5 Å². The summed E-state index contributed by atoms with van der Waals surface area (Å²) in [6.07, 6.45) is 2.74. The fourth-order valence-corrected chi connectivity index (χ4v) is 5.60. The standard InChI is InChI=1S/C22H28N2O/c1-15-3-6-17(7-4-15)20-14-24(13-19-8-5-16(2)25-19)21-18-9-11-23(12-10-18)22(20)21/h3-8,18,20-22H,9-14H2,1-2H3/t20-,21+,22+/m0/s1. The van der Waals surface area contributed by atoms with Crippen LogP contribution in [-0.2, 0) is 6.54 Å². The zero-order valence-corrected chi connectivity index (χ0v) is 15.3. The quantitative estimate of drug-likeness (QED) is 0.846. The third-order valence-corrected chi connectivity index (χ3v) is 6.75. The van der Waals surface area contributed by atoms with Gasteiger partial charge in [-0.3, -0.25) is 9.80 Å². The van der Waals surface area contributed by atoms with Crippen LogP contribution < -0.4 is 0 Å². The van der Waals surface area contributed by atoms with E-state index in [0.717, 1.165) is 30.5 Å². The summed E-state index contributed by atoms with van der Waals surface area (Å²) in [5.74, 6) is 3.64. The molecule has 1 aromatic heterocycles. The van der Waals surface area contributed by atoms with Crippen molar-refractivity contribution >= 4 is 0 Å². The van der Waals surface area contributed by atoms with Crippen LogP contribution in [0.5, 0.6) is 0 Å². The van der Waals surface area contributed by atoms with Gasteiger partial charge in [0.15, 0.2) is 0 Å². The van der Waals surface area contributed by atoms with Gasteiger partial charge in [0, 0.05) is 24.5 Å². The summed E-state index contributed by atoms with van der Waals surface area (Å²) in [4.78, 5) is 5.51. The molecule has 1 aromatic carbocycles. The van der Waals surface area contributed by atoms with Gasteiger partial charge in [0.2, 0.25) is 0 Å². The Balaban J connectivity index is 1.47. The molecule has 0 N–H and O–H groups in total. The molecule has 3 atom stereocenters. The topological polar surface area (TPSA) is 19.6 Å². The number of fused-ring (bicyclic) bond motifs is 2. The van der Waals surface area contributed by atoms with Gasteiger partial charge >= 0.3 is 0 Å². The van der Waals surface area contributed by atoms with Crippen LogP contribution in [0, 0.1) is 19.8 Å². The molecule has 4 aliphatic rings. The van der Waals surface area contributed by atoms with Crippen molar-refractivity contribution in [2.75, 3.05) is 19.6 Å². The van der Waals surface area contributed by atoms with Gasteiger partial charge in [-0.05, 0) is 63.4 Å². The van der Waals surface area contributed by atoms with E-state index in [1.807, 2.05) is 6.92 Å². The van der Waals surface area contributed by atoms with Crippen molar-refractivity contribution in [2.24, 2.45) is 5.92 Å². The minimum Gasteiger partial charge on any atom is -0.465 e. The Bertz CT molecular complexity index is 742. The van der Waals surface area contributed by atoms with Crippen LogP contribution in [0.4, 0.5) is 0 Å². The third-order valence-electron chi connectivity index (χ3n) is 6.75. The largest absolute Gasteiger partial charge is 0.465 e. The summed E-state index contributed by atoms with van der Waals surface area (Å²) < 4.78 is 5.91. The van der Waals surface area contributed by atoms with E-state index >= 15 is 0 Å². The van der Waals surface area contributed by atoms with Crippen molar-refractivity contribution in [3.63, 3.8) is 0 Å². The molecular formula is C22H28N2O.